The van der Waals surface area contributed by atoms with Crippen molar-refractivity contribution in [2.75, 3.05) is 11.9 Å². The molecule has 1 saturated carbocycles. The fourth-order valence-corrected chi connectivity index (χ4v) is 4.16. The number of carbonyl (C=O) groups excluding carboxylic acids is 2. The third-order valence-corrected chi connectivity index (χ3v) is 6.62. The van der Waals surface area contributed by atoms with Crippen molar-refractivity contribution < 1.29 is 18.0 Å². The Morgan fingerprint density at radius 2 is 1.77 bits per heavy atom. The number of benzene rings is 2. The summed E-state index contributed by atoms with van der Waals surface area (Å²) in [6.45, 7) is 5.58. The van der Waals surface area contributed by atoms with Gasteiger partial charge in [-0.25, -0.2) is 13.1 Å². The van der Waals surface area contributed by atoms with E-state index >= 15 is 0 Å². The molecule has 0 bridgehead atoms. The zero-order valence-corrected chi connectivity index (χ0v) is 18.2. The quantitative estimate of drug-likeness (QED) is 0.600. The molecule has 7 nitrogen and oxygen atoms in total. The van der Waals surface area contributed by atoms with Crippen LogP contribution in [0.4, 0.5) is 5.69 Å². The second-order valence-corrected chi connectivity index (χ2v) is 9.33. The highest BCUT2D eigenvalue weighted by Gasteiger charge is 2.29. The van der Waals surface area contributed by atoms with Crippen LogP contribution in [0, 0.1) is 12.8 Å². The zero-order valence-electron chi connectivity index (χ0n) is 17.4. The number of hydrogen-bond acceptors (Lipinski definition) is 4. The van der Waals surface area contributed by atoms with Gasteiger partial charge in [0.25, 0.3) is 5.91 Å². The third-order valence-electron chi connectivity index (χ3n) is 5.07. The van der Waals surface area contributed by atoms with Crippen LogP contribution in [0.5, 0.6) is 0 Å². The SMILES string of the molecule is CCNS(=O)(=O)c1ccc(C)c(C(=O)NC(C)c2ccc(NC(=O)C3CC3)cc2)c1. The van der Waals surface area contributed by atoms with Gasteiger partial charge >= 0.3 is 0 Å². The number of sulfonamides is 1. The molecule has 0 radical (unpaired) electrons. The summed E-state index contributed by atoms with van der Waals surface area (Å²) in [5.74, 6) is -0.162. The summed E-state index contributed by atoms with van der Waals surface area (Å²) in [6.07, 6.45) is 1.90. The van der Waals surface area contributed by atoms with Crippen molar-refractivity contribution in [1.29, 1.82) is 0 Å². The minimum absolute atomic E-state index is 0.0481. The summed E-state index contributed by atoms with van der Waals surface area (Å²) in [7, 11) is -3.64. The van der Waals surface area contributed by atoms with Gasteiger partial charge in [-0.1, -0.05) is 25.1 Å². The first-order valence-electron chi connectivity index (χ1n) is 10.0. The van der Waals surface area contributed by atoms with Crippen molar-refractivity contribution in [2.45, 2.75) is 44.6 Å². The fourth-order valence-electron chi connectivity index (χ4n) is 3.09. The van der Waals surface area contributed by atoms with E-state index < -0.39 is 10.0 Å². The van der Waals surface area contributed by atoms with Crippen LogP contribution in [0.25, 0.3) is 0 Å². The van der Waals surface area contributed by atoms with Crippen molar-refractivity contribution in [3.8, 4) is 0 Å². The molecule has 0 heterocycles. The van der Waals surface area contributed by atoms with Gasteiger partial charge in [0.1, 0.15) is 0 Å². The van der Waals surface area contributed by atoms with E-state index in [2.05, 4.69) is 15.4 Å². The average molecular weight is 430 g/mol. The fraction of sp³-hybridized carbons (Fsp3) is 0.364. The maximum atomic E-state index is 12.8. The van der Waals surface area contributed by atoms with Crippen molar-refractivity contribution in [3.63, 3.8) is 0 Å². The Kier molecular flexibility index (Phi) is 6.58. The molecule has 3 rings (SSSR count). The lowest BCUT2D eigenvalue weighted by atomic mass is 10.1. The molecule has 2 amide bonds. The van der Waals surface area contributed by atoms with Crippen LogP contribution in [0.15, 0.2) is 47.4 Å². The van der Waals surface area contributed by atoms with Crippen LogP contribution in [0.1, 0.15) is 54.2 Å². The molecule has 30 heavy (non-hydrogen) atoms. The Labute approximate surface area is 177 Å². The molecule has 1 atom stereocenters. The second kappa shape index (κ2) is 8.97. The molecule has 8 heteroatoms. The van der Waals surface area contributed by atoms with Crippen LogP contribution in [0.2, 0.25) is 0 Å². The van der Waals surface area contributed by atoms with E-state index in [0.717, 1.165) is 24.1 Å². The summed E-state index contributed by atoms with van der Waals surface area (Å²) < 4.78 is 26.9. The maximum absolute atomic E-state index is 12.8. The topological polar surface area (TPSA) is 104 Å². The molecule has 2 aromatic rings. The first kappa shape index (κ1) is 22.0. The molecule has 1 unspecified atom stereocenters. The number of amides is 2. The molecule has 3 N–H and O–H groups in total. The highest BCUT2D eigenvalue weighted by atomic mass is 32.2. The molecular weight excluding hydrogens is 402 g/mol. The molecule has 1 aliphatic carbocycles. The van der Waals surface area contributed by atoms with E-state index in [1.807, 2.05) is 31.2 Å². The number of nitrogens with one attached hydrogen (secondary N) is 3. The van der Waals surface area contributed by atoms with Gasteiger partial charge in [0.15, 0.2) is 0 Å². The van der Waals surface area contributed by atoms with Gasteiger partial charge < -0.3 is 10.6 Å². The van der Waals surface area contributed by atoms with E-state index in [-0.39, 0.29) is 35.2 Å². The van der Waals surface area contributed by atoms with Crippen LogP contribution in [0.3, 0.4) is 0 Å². The highest BCUT2D eigenvalue weighted by molar-refractivity contribution is 7.89. The van der Waals surface area contributed by atoms with Crippen LogP contribution < -0.4 is 15.4 Å². The molecule has 2 aromatic carbocycles. The lowest BCUT2D eigenvalue weighted by Crippen LogP contribution is -2.28. The van der Waals surface area contributed by atoms with E-state index in [9.17, 15) is 18.0 Å². The molecule has 0 spiro atoms. The Hall–Kier alpha value is -2.71. The standard InChI is InChI=1S/C22H27N3O4S/c1-4-23-30(28,29)19-12-5-14(2)20(13-19)22(27)24-15(3)16-8-10-18(11-9-16)25-21(26)17-6-7-17/h5,8-13,15,17,23H,4,6-7H2,1-3H3,(H,24,27)(H,25,26). The normalized spacial score (nSPS) is 14.8. The monoisotopic (exact) mass is 429 g/mol. The third kappa shape index (κ3) is 5.25. The number of anilines is 1. The molecule has 0 saturated heterocycles. The van der Waals surface area contributed by atoms with Gasteiger partial charge in [-0.05, 0) is 62.1 Å². The van der Waals surface area contributed by atoms with Crippen LogP contribution >= 0.6 is 0 Å². The Morgan fingerprint density at radius 1 is 1.10 bits per heavy atom. The Balaban J connectivity index is 1.70. The minimum Gasteiger partial charge on any atom is -0.346 e. The van der Waals surface area contributed by atoms with Crippen molar-refractivity contribution >= 4 is 27.5 Å². The first-order valence-corrected chi connectivity index (χ1v) is 11.5. The summed E-state index contributed by atoms with van der Waals surface area (Å²) in [4.78, 5) is 24.7. The zero-order chi connectivity index (χ0) is 21.9. The minimum atomic E-state index is -3.64. The summed E-state index contributed by atoms with van der Waals surface area (Å²) in [5.41, 5.74) is 2.61. The molecule has 1 fully saturated rings. The first-order chi connectivity index (χ1) is 14.2. The maximum Gasteiger partial charge on any atom is 0.252 e. The van der Waals surface area contributed by atoms with E-state index in [1.165, 1.54) is 12.1 Å². The lowest BCUT2D eigenvalue weighted by Gasteiger charge is -2.17. The van der Waals surface area contributed by atoms with Gasteiger partial charge in [-0.15, -0.1) is 0 Å². The lowest BCUT2D eigenvalue weighted by molar-refractivity contribution is -0.117. The summed E-state index contributed by atoms with van der Waals surface area (Å²) in [5, 5.41) is 5.80. The molecular formula is C22H27N3O4S. The number of hydrogen-bond donors (Lipinski definition) is 3. The largest absolute Gasteiger partial charge is 0.346 e. The molecule has 0 aliphatic heterocycles. The van der Waals surface area contributed by atoms with Crippen molar-refractivity contribution in [2.24, 2.45) is 5.92 Å². The van der Waals surface area contributed by atoms with Gasteiger partial charge in [0, 0.05) is 23.7 Å². The molecule has 1 aliphatic rings. The smallest absolute Gasteiger partial charge is 0.252 e. The number of aryl methyl sites for hydroxylation is 1. The Morgan fingerprint density at radius 3 is 2.37 bits per heavy atom. The van der Waals surface area contributed by atoms with E-state index in [1.54, 1.807) is 19.9 Å². The predicted molar refractivity (Wildman–Crippen MR) is 116 cm³/mol. The van der Waals surface area contributed by atoms with Crippen molar-refractivity contribution in [3.05, 3.63) is 59.2 Å². The average Bonchev–Trinajstić information content (AvgIpc) is 3.54. The highest BCUT2D eigenvalue weighted by Crippen LogP contribution is 2.30. The van der Waals surface area contributed by atoms with Crippen LogP contribution in [-0.4, -0.2) is 26.8 Å². The Bertz CT molecular complexity index is 1040. The molecule has 160 valence electrons. The summed E-state index contributed by atoms with van der Waals surface area (Å²) >= 11 is 0. The number of rotatable bonds is 8. The van der Waals surface area contributed by atoms with Gasteiger partial charge in [-0.3, -0.25) is 9.59 Å². The van der Waals surface area contributed by atoms with Crippen molar-refractivity contribution in [1.82, 2.24) is 10.0 Å². The predicted octanol–water partition coefficient (Wildman–Crippen LogP) is 3.13. The van der Waals surface area contributed by atoms with Gasteiger partial charge in [0.2, 0.25) is 15.9 Å². The van der Waals surface area contributed by atoms with E-state index in [4.69, 9.17) is 0 Å². The van der Waals surface area contributed by atoms with Gasteiger partial charge in [0.05, 0.1) is 10.9 Å². The number of carbonyl (C=O) groups is 2. The van der Waals surface area contributed by atoms with Gasteiger partial charge in [-0.2, -0.15) is 0 Å². The van der Waals surface area contributed by atoms with E-state index in [0.29, 0.717) is 11.1 Å². The summed E-state index contributed by atoms with van der Waals surface area (Å²) in [6, 6.07) is 11.5. The second-order valence-electron chi connectivity index (χ2n) is 7.56. The van der Waals surface area contributed by atoms with Crippen LogP contribution in [-0.2, 0) is 14.8 Å². The molecule has 0 aromatic heterocycles.